The summed E-state index contributed by atoms with van der Waals surface area (Å²) >= 11 is 0. The van der Waals surface area contributed by atoms with E-state index in [1.54, 1.807) is 23.5 Å². The molecule has 1 saturated heterocycles. The molecular weight excluding hydrogens is 675 g/mol. The van der Waals surface area contributed by atoms with Crippen molar-refractivity contribution in [3.05, 3.63) is 51.7 Å². The monoisotopic (exact) mass is 707 g/mol. The van der Waals surface area contributed by atoms with Crippen molar-refractivity contribution in [1.29, 1.82) is 0 Å². The van der Waals surface area contributed by atoms with Gasteiger partial charge in [-0.2, -0.15) is 13.2 Å². The molecule has 0 radical (unpaired) electrons. The molecule has 7 atom stereocenters. The van der Waals surface area contributed by atoms with Crippen LogP contribution in [-0.4, -0.2) is 78.1 Å². The summed E-state index contributed by atoms with van der Waals surface area (Å²) in [5, 5.41) is 13.2. The fourth-order valence-electron chi connectivity index (χ4n) is 6.27. The number of fused-ring (bicyclic) bond motifs is 4. The van der Waals surface area contributed by atoms with Crippen LogP contribution in [0.5, 0.6) is 5.75 Å². The normalized spacial score (nSPS) is 25.0. The number of benzene rings is 2. The van der Waals surface area contributed by atoms with Crippen molar-refractivity contribution < 1.29 is 70.4 Å². The van der Waals surface area contributed by atoms with E-state index in [4.69, 9.17) is 28.1 Å². The van der Waals surface area contributed by atoms with E-state index in [-0.39, 0.29) is 51.7 Å². The topological polar surface area (TPSA) is 194 Å². The van der Waals surface area contributed by atoms with E-state index in [9.17, 15) is 47.0 Å². The Morgan fingerprint density at radius 2 is 1.62 bits per heavy atom. The average molecular weight is 708 g/mol. The van der Waals surface area contributed by atoms with Crippen LogP contribution in [0, 0.1) is 5.92 Å². The lowest BCUT2D eigenvalue weighted by Crippen LogP contribution is -2.67. The van der Waals surface area contributed by atoms with Crippen LogP contribution in [0.2, 0.25) is 0 Å². The number of ether oxygens (including phenoxy) is 5. The fraction of sp³-hybridized carbons (Fsp3) is 0.455. The molecule has 14 nitrogen and oxygen atoms in total. The Morgan fingerprint density at radius 3 is 2.24 bits per heavy atom. The van der Waals surface area contributed by atoms with Gasteiger partial charge in [0.15, 0.2) is 18.5 Å². The Morgan fingerprint density at radius 1 is 0.960 bits per heavy atom. The van der Waals surface area contributed by atoms with Crippen LogP contribution in [0.3, 0.4) is 0 Å². The molecule has 1 fully saturated rings. The highest BCUT2D eigenvalue weighted by molar-refractivity contribution is 5.93. The third kappa shape index (κ3) is 7.42. The molecule has 2 N–H and O–H groups in total. The first-order valence-corrected chi connectivity index (χ1v) is 15.3. The van der Waals surface area contributed by atoms with Gasteiger partial charge in [0.25, 0.3) is 0 Å². The standard InChI is InChI=1S/C33H32F3NO13/c1-13(38)17-9-19-25(21(42)11-20-27(43)18-7-5-6-8-22(18)48-28(19)20)23(10-17)49-31-26(37-32(44)33(34,35)36)30(47-16(4)41)29(46-15(3)40)24(50-31)12-45-14(2)39/h5-8,11,17,23-24,26,29-31,42H,9-10,12H2,1-4H3,(H,37,44)/t17-,23+,24?,26+,29+,30?,31?/m1/s1. The highest BCUT2D eigenvalue weighted by Gasteiger charge is 2.54. The number of amides is 1. The molecule has 1 aliphatic heterocycles. The van der Waals surface area contributed by atoms with Crippen LogP contribution in [0.4, 0.5) is 13.2 Å². The van der Waals surface area contributed by atoms with Crippen molar-refractivity contribution in [3.63, 3.8) is 0 Å². The largest absolute Gasteiger partial charge is 0.508 e. The number of carbonyl (C=O) groups excluding carboxylic acids is 5. The summed E-state index contributed by atoms with van der Waals surface area (Å²) in [5.41, 5.74) is -0.00720. The van der Waals surface area contributed by atoms with E-state index in [0.29, 0.717) is 0 Å². The van der Waals surface area contributed by atoms with Gasteiger partial charge in [-0.3, -0.25) is 28.8 Å². The molecule has 2 aliphatic rings. The highest BCUT2D eigenvalue weighted by Crippen LogP contribution is 2.46. The predicted molar refractivity (Wildman–Crippen MR) is 162 cm³/mol. The molecule has 1 aromatic heterocycles. The van der Waals surface area contributed by atoms with E-state index in [2.05, 4.69) is 0 Å². The number of hydrogen-bond acceptors (Lipinski definition) is 13. The van der Waals surface area contributed by atoms with Crippen LogP contribution < -0.4 is 10.7 Å². The second-order valence-corrected chi connectivity index (χ2v) is 12.0. The predicted octanol–water partition coefficient (Wildman–Crippen LogP) is 3.06. The Hall–Kier alpha value is -5.03. The average Bonchev–Trinajstić information content (AvgIpc) is 3.02. The summed E-state index contributed by atoms with van der Waals surface area (Å²) < 4.78 is 74.6. The quantitative estimate of drug-likeness (QED) is 0.197. The molecule has 50 heavy (non-hydrogen) atoms. The Bertz CT molecular complexity index is 1920. The number of carbonyl (C=O) groups is 5. The Balaban J connectivity index is 1.66. The van der Waals surface area contributed by atoms with Gasteiger partial charge in [0.05, 0.1) is 16.9 Å². The smallest absolute Gasteiger partial charge is 0.471 e. The van der Waals surface area contributed by atoms with Crippen molar-refractivity contribution in [1.82, 2.24) is 5.32 Å². The maximum absolute atomic E-state index is 13.6. The maximum Gasteiger partial charge on any atom is 0.471 e. The van der Waals surface area contributed by atoms with E-state index >= 15 is 0 Å². The molecule has 3 unspecified atom stereocenters. The molecule has 0 saturated carbocycles. The van der Waals surface area contributed by atoms with E-state index in [0.717, 1.165) is 26.8 Å². The van der Waals surface area contributed by atoms with Crippen LogP contribution in [0.25, 0.3) is 21.9 Å². The first-order valence-electron chi connectivity index (χ1n) is 15.3. The lowest BCUT2D eigenvalue weighted by molar-refractivity contribution is -0.291. The first-order chi connectivity index (χ1) is 23.5. The Labute approximate surface area is 280 Å². The summed E-state index contributed by atoms with van der Waals surface area (Å²) in [5.74, 6) is -6.99. The number of alkyl halides is 3. The van der Waals surface area contributed by atoms with Crippen molar-refractivity contribution >= 4 is 51.5 Å². The Kier molecular flexibility index (Phi) is 10.2. The van der Waals surface area contributed by atoms with Gasteiger partial charge in [-0.15, -0.1) is 0 Å². The number of nitrogens with one attached hydrogen (secondary N) is 1. The van der Waals surface area contributed by atoms with Gasteiger partial charge in [-0.1, -0.05) is 12.1 Å². The number of Topliss-reactive ketones (excluding diaryl/α,β-unsaturated/α-hetero) is 1. The van der Waals surface area contributed by atoms with Gasteiger partial charge < -0.3 is 38.5 Å². The minimum Gasteiger partial charge on any atom is -0.508 e. The zero-order chi connectivity index (χ0) is 36.7. The molecule has 5 rings (SSSR count). The number of phenols is 1. The second kappa shape index (κ2) is 14.1. The SMILES string of the molecule is CC(=O)OCC1OC(O[C@H]2C[C@H](C(C)=O)Cc3c2c(O)cc2c(=O)c4ccccc4oc32)[C@@H](NC(=O)C(F)(F)F)C(OC(C)=O)[C@H]1OC(C)=O. The lowest BCUT2D eigenvalue weighted by Gasteiger charge is -2.46. The van der Waals surface area contributed by atoms with Crippen LogP contribution in [-0.2, 0) is 54.1 Å². The molecular formula is C33H32F3NO13. The van der Waals surface area contributed by atoms with Crippen LogP contribution >= 0.6 is 0 Å². The summed E-state index contributed by atoms with van der Waals surface area (Å²) in [7, 11) is 0. The van der Waals surface area contributed by atoms with Gasteiger partial charge >= 0.3 is 30.0 Å². The zero-order valence-electron chi connectivity index (χ0n) is 27.0. The number of para-hydroxylation sites is 1. The van der Waals surface area contributed by atoms with Gasteiger partial charge in [0, 0.05) is 37.8 Å². The van der Waals surface area contributed by atoms with Gasteiger partial charge in [-0.05, 0) is 38.0 Å². The van der Waals surface area contributed by atoms with Crippen molar-refractivity contribution in [2.24, 2.45) is 5.92 Å². The first kappa shape index (κ1) is 36.3. The minimum atomic E-state index is -5.45. The minimum absolute atomic E-state index is 0.00673. The molecule has 0 bridgehead atoms. The number of aromatic hydroxyl groups is 1. The van der Waals surface area contributed by atoms with Gasteiger partial charge in [-0.25, -0.2) is 0 Å². The van der Waals surface area contributed by atoms with E-state index in [1.807, 2.05) is 0 Å². The highest BCUT2D eigenvalue weighted by atomic mass is 19.4. The summed E-state index contributed by atoms with van der Waals surface area (Å²) in [4.78, 5) is 74.6. The summed E-state index contributed by atoms with van der Waals surface area (Å²) in [6.07, 6.45) is -14.2. The molecule has 2 heterocycles. The number of hydrogen-bond donors (Lipinski definition) is 2. The van der Waals surface area contributed by atoms with E-state index < -0.39 is 90.4 Å². The fourth-order valence-corrected chi connectivity index (χ4v) is 6.27. The summed E-state index contributed by atoms with van der Waals surface area (Å²) in [6.45, 7) is 3.53. The number of ketones is 1. The molecule has 268 valence electrons. The van der Waals surface area contributed by atoms with Gasteiger partial charge in [0.2, 0.25) is 5.43 Å². The van der Waals surface area contributed by atoms with E-state index in [1.165, 1.54) is 13.0 Å². The summed E-state index contributed by atoms with van der Waals surface area (Å²) in [6, 6.07) is 5.46. The van der Waals surface area contributed by atoms with Crippen LogP contribution in [0.1, 0.15) is 51.3 Å². The van der Waals surface area contributed by atoms with Crippen molar-refractivity contribution in [2.75, 3.05) is 6.61 Å². The molecule has 3 aromatic rings. The number of rotatable bonds is 8. The molecule has 0 spiro atoms. The second-order valence-electron chi connectivity index (χ2n) is 12.0. The third-order valence-corrected chi connectivity index (χ3v) is 8.39. The van der Waals surface area contributed by atoms with Crippen molar-refractivity contribution in [3.8, 4) is 5.75 Å². The molecule has 1 amide bonds. The molecule has 17 heteroatoms. The zero-order valence-corrected chi connectivity index (χ0v) is 27.0. The van der Waals surface area contributed by atoms with Crippen molar-refractivity contribution in [2.45, 2.75) is 83.5 Å². The molecule has 1 aliphatic carbocycles. The number of halogens is 3. The maximum atomic E-state index is 13.6. The third-order valence-electron chi connectivity index (χ3n) is 8.39. The van der Waals surface area contributed by atoms with Gasteiger partial charge in [0.1, 0.15) is 41.5 Å². The molecule has 2 aromatic carbocycles. The van der Waals surface area contributed by atoms with Crippen LogP contribution in [0.15, 0.2) is 39.5 Å². The lowest BCUT2D eigenvalue weighted by atomic mass is 9.78. The number of phenolic OH excluding ortho intramolecular Hbond substituents is 1. The number of esters is 3.